The van der Waals surface area contributed by atoms with E-state index < -0.39 is 0 Å². The van der Waals surface area contributed by atoms with Gasteiger partial charge in [-0.1, -0.05) is 57.7 Å². The summed E-state index contributed by atoms with van der Waals surface area (Å²) in [7, 11) is 1.46. The molecule has 31 heavy (non-hydrogen) atoms. The van der Waals surface area contributed by atoms with Crippen molar-refractivity contribution < 1.29 is 9.53 Å². The van der Waals surface area contributed by atoms with Crippen molar-refractivity contribution in [3.05, 3.63) is 48.0 Å². The van der Waals surface area contributed by atoms with Gasteiger partial charge in [0.15, 0.2) is 0 Å². The lowest BCUT2D eigenvalue weighted by Gasteiger charge is -2.37. The second-order valence-electron chi connectivity index (χ2n) is 8.43. The molecule has 2 aromatic rings. The molecule has 5 heteroatoms. The highest BCUT2D eigenvalue weighted by molar-refractivity contribution is 7.99. The second-order valence-corrected chi connectivity index (χ2v) is 10.3. The fourth-order valence-corrected chi connectivity index (χ4v) is 6.33. The summed E-state index contributed by atoms with van der Waals surface area (Å²) in [6.45, 7) is 5.59. The van der Waals surface area contributed by atoms with Crippen molar-refractivity contribution in [3.8, 4) is 0 Å². The molecule has 0 saturated heterocycles. The van der Waals surface area contributed by atoms with Crippen LogP contribution in [0.2, 0.25) is 0 Å². The first-order valence-electron chi connectivity index (χ1n) is 11.3. The Morgan fingerprint density at radius 1 is 1.13 bits per heavy atom. The number of ether oxygens (including phenoxy) is 1. The maximum absolute atomic E-state index is 12.5. The zero-order chi connectivity index (χ0) is 22.3. The lowest BCUT2D eigenvalue weighted by Crippen LogP contribution is -2.36. The van der Waals surface area contributed by atoms with E-state index in [1.807, 2.05) is 18.0 Å². The first-order valence-corrected chi connectivity index (χ1v) is 13.5. The predicted molar refractivity (Wildman–Crippen MR) is 135 cm³/mol. The fraction of sp³-hybridized carbons (Fsp3) is 0.500. The zero-order valence-corrected chi connectivity index (χ0v) is 20.9. The van der Waals surface area contributed by atoms with E-state index in [4.69, 9.17) is 4.74 Å². The van der Waals surface area contributed by atoms with Gasteiger partial charge in [0.2, 0.25) is 0 Å². The smallest absolute Gasteiger partial charge is 0.339 e. The van der Waals surface area contributed by atoms with E-state index in [2.05, 4.69) is 61.2 Å². The molecule has 1 aliphatic heterocycles. The summed E-state index contributed by atoms with van der Waals surface area (Å²) in [6.07, 6.45) is 9.47. The molecule has 0 saturated carbocycles. The minimum atomic E-state index is -0.258. The lowest BCUT2D eigenvalue weighted by atomic mass is 9.79. The minimum absolute atomic E-state index is 0.258. The molecule has 3 nitrogen and oxygen atoms in total. The van der Waals surface area contributed by atoms with E-state index in [9.17, 15) is 4.79 Å². The third-order valence-electron chi connectivity index (χ3n) is 6.19. The number of anilines is 2. The molecule has 0 N–H and O–H groups in total. The van der Waals surface area contributed by atoms with Gasteiger partial charge in [0.05, 0.1) is 18.4 Å². The third-order valence-corrected chi connectivity index (χ3v) is 8.37. The zero-order valence-electron chi connectivity index (χ0n) is 19.3. The third kappa shape index (κ3) is 5.61. The molecule has 1 aliphatic rings. The second kappa shape index (κ2) is 11.3. The number of fused-ring (bicyclic) bond motifs is 1. The Hall–Kier alpha value is -1.59. The van der Waals surface area contributed by atoms with Gasteiger partial charge in [0.25, 0.3) is 0 Å². The molecule has 0 aliphatic carbocycles. The molecule has 168 valence electrons. The van der Waals surface area contributed by atoms with Gasteiger partial charge >= 0.3 is 5.97 Å². The number of methoxy groups -OCH3 is 1. The minimum Gasteiger partial charge on any atom is -0.465 e. The van der Waals surface area contributed by atoms with Crippen LogP contribution in [0.15, 0.2) is 52.3 Å². The summed E-state index contributed by atoms with van der Waals surface area (Å²) in [6, 6.07) is 15.0. The van der Waals surface area contributed by atoms with Crippen LogP contribution in [0.4, 0.5) is 11.4 Å². The van der Waals surface area contributed by atoms with Crippen molar-refractivity contribution in [1.82, 2.24) is 0 Å². The molecule has 2 aromatic carbocycles. The van der Waals surface area contributed by atoms with E-state index >= 15 is 0 Å². The first kappa shape index (κ1) is 24.1. The number of esters is 1. The average Bonchev–Trinajstić information content (AvgIpc) is 2.98. The van der Waals surface area contributed by atoms with Gasteiger partial charge in [-0.15, -0.1) is 23.5 Å². The molecule has 0 aromatic heterocycles. The van der Waals surface area contributed by atoms with Crippen molar-refractivity contribution in [1.29, 1.82) is 0 Å². The van der Waals surface area contributed by atoms with E-state index in [1.54, 1.807) is 11.8 Å². The van der Waals surface area contributed by atoms with Crippen molar-refractivity contribution in [2.45, 2.75) is 62.2 Å². The van der Waals surface area contributed by atoms with E-state index in [-0.39, 0.29) is 11.4 Å². The van der Waals surface area contributed by atoms with Crippen molar-refractivity contribution >= 4 is 40.9 Å². The maximum Gasteiger partial charge on any atom is 0.339 e. The van der Waals surface area contributed by atoms with Crippen LogP contribution < -0.4 is 4.90 Å². The Bertz CT molecular complexity index is 861. The molecule has 0 unspecified atom stereocenters. The molecule has 0 bridgehead atoms. The van der Waals surface area contributed by atoms with Crippen LogP contribution in [-0.2, 0) is 4.74 Å². The van der Waals surface area contributed by atoms with Gasteiger partial charge in [-0.3, -0.25) is 0 Å². The van der Waals surface area contributed by atoms with Crippen molar-refractivity contribution in [3.63, 3.8) is 0 Å². The first-order chi connectivity index (χ1) is 15.1. The van der Waals surface area contributed by atoms with Gasteiger partial charge < -0.3 is 9.64 Å². The highest BCUT2D eigenvalue weighted by Gasteiger charge is 2.36. The Labute approximate surface area is 196 Å². The van der Waals surface area contributed by atoms with Gasteiger partial charge in [-0.05, 0) is 48.8 Å². The van der Waals surface area contributed by atoms with E-state index in [0.29, 0.717) is 5.56 Å². The molecule has 1 heterocycles. The fourth-order valence-electron chi connectivity index (χ4n) is 4.38. The largest absolute Gasteiger partial charge is 0.465 e. The number of para-hydroxylation sites is 1. The molecule has 0 fully saturated rings. The normalized spacial score (nSPS) is 15.3. The summed E-state index contributed by atoms with van der Waals surface area (Å²) < 4.78 is 5.08. The van der Waals surface area contributed by atoms with Crippen LogP contribution in [0.3, 0.4) is 0 Å². The predicted octanol–water partition coefficient (Wildman–Crippen LogP) is 7.81. The quantitative estimate of drug-likeness (QED) is 0.283. The number of unbranched alkanes of at least 4 members (excludes halogenated alkanes) is 2. The summed E-state index contributed by atoms with van der Waals surface area (Å²) in [5.41, 5.74) is 3.37. The Balaban J connectivity index is 2.13. The molecule has 0 radical (unpaired) electrons. The molecule has 0 amide bonds. The van der Waals surface area contributed by atoms with Crippen molar-refractivity contribution in [2.24, 2.45) is 5.41 Å². The van der Waals surface area contributed by atoms with Crippen LogP contribution in [0.1, 0.15) is 62.7 Å². The van der Waals surface area contributed by atoms with Crippen LogP contribution in [0.5, 0.6) is 0 Å². The monoisotopic (exact) mass is 457 g/mol. The SMILES string of the molecule is CCCCC1(CCCC)CSc2cc(C(=O)OC)c(SC)cc2N(c2ccccc2)C1. The van der Waals surface area contributed by atoms with E-state index in [1.165, 1.54) is 61.9 Å². The van der Waals surface area contributed by atoms with Crippen LogP contribution >= 0.6 is 23.5 Å². The molecule has 0 spiro atoms. The molecule has 3 rings (SSSR count). The number of thioether (sulfide) groups is 2. The number of carbonyl (C=O) groups is 1. The van der Waals surface area contributed by atoms with Crippen LogP contribution in [-0.4, -0.2) is 31.6 Å². The number of nitrogens with zero attached hydrogens (tertiary/aromatic N) is 1. The van der Waals surface area contributed by atoms with Gasteiger partial charge in [0.1, 0.15) is 0 Å². The highest BCUT2D eigenvalue weighted by atomic mass is 32.2. The Morgan fingerprint density at radius 3 is 2.39 bits per heavy atom. The Morgan fingerprint density at radius 2 is 1.81 bits per heavy atom. The molecule has 0 atom stereocenters. The molecular formula is C26H35NO2S2. The summed E-state index contributed by atoms with van der Waals surface area (Å²) in [5, 5.41) is 0. The van der Waals surface area contributed by atoms with Gasteiger partial charge in [-0.25, -0.2) is 4.79 Å². The molecular weight excluding hydrogens is 422 g/mol. The highest BCUT2D eigenvalue weighted by Crippen LogP contribution is 2.48. The topological polar surface area (TPSA) is 29.5 Å². The van der Waals surface area contributed by atoms with E-state index in [0.717, 1.165) is 17.2 Å². The van der Waals surface area contributed by atoms with Gasteiger partial charge in [-0.2, -0.15) is 0 Å². The standard InChI is InChI=1S/C26H35NO2S2/c1-5-7-14-26(15-8-6-2)18-27(20-12-10-9-11-13-20)22-17-23(30-4)21(25(28)29-3)16-24(22)31-19-26/h9-13,16-17H,5-8,14-15,18-19H2,1-4H3. The van der Waals surface area contributed by atoms with Gasteiger partial charge in [0, 0.05) is 27.8 Å². The summed E-state index contributed by atoms with van der Waals surface area (Å²) in [5.74, 6) is 0.828. The number of carbonyl (C=O) groups excluding carboxylic acids is 1. The average molecular weight is 458 g/mol. The summed E-state index contributed by atoms with van der Waals surface area (Å²) in [4.78, 5) is 17.1. The van der Waals surface area contributed by atoms with Crippen LogP contribution in [0, 0.1) is 5.41 Å². The summed E-state index contributed by atoms with van der Waals surface area (Å²) >= 11 is 3.53. The van der Waals surface area contributed by atoms with Crippen LogP contribution in [0.25, 0.3) is 0 Å². The number of benzene rings is 2. The Kier molecular flexibility index (Phi) is 8.79. The number of hydrogen-bond acceptors (Lipinski definition) is 5. The number of rotatable bonds is 9. The number of hydrogen-bond donors (Lipinski definition) is 0. The lowest BCUT2D eigenvalue weighted by molar-refractivity contribution is 0.0596. The maximum atomic E-state index is 12.5. The van der Waals surface area contributed by atoms with Crippen molar-refractivity contribution in [2.75, 3.05) is 30.6 Å².